The molecule has 0 N–H and O–H groups in total. The highest BCUT2D eigenvalue weighted by atomic mass is 79.9. The van der Waals surface area contributed by atoms with Gasteiger partial charge in [-0.1, -0.05) is 0 Å². The van der Waals surface area contributed by atoms with Crippen molar-refractivity contribution in [1.29, 1.82) is 0 Å². The molecule has 1 fully saturated rings. The third kappa shape index (κ3) is 3.52. The normalized spacial score (nSPS) is 21.8. The predicted molar refractivity (Wildman–Crippen MR) is 86.3 cm³/mol. The highest BCUT2D eigenvalue weighted by Crippen LogP contribution is 2.33. The summed E-state index contributed by atoms with van der Waals surface area (Å²) in [5, 5.41) is 0. The first-order valence-electron chi connectivity index (χ1n) is 6.81. The summed E-state index contributed by atoms with van der Waals surface area (Å²) in [4.78, 5) is 15.1. The van der Waals surface area contributed by atoms with Crippen molar-refractivity contribution >= 4 is 54.5 Å². The van der Waals surface area contributed by atoms with Crippen LogP contribution in [0.2, 0.25) is 0 Å². The zero-order valence-corrected chi connectivity index (χ0v) is 14.5. The van der Waals surface area contributed by atoms with E-state index in [1.54, 1.807) is 6.07 Å². The van der Waals surface area contributed by atoms with E-state index >= 15 is 0 Å². The average Bonchev–Trinajstić information content (AvgIpc) is 2.80. The van der Waals surface area contributed by atoms with Gasteiger partial charge in [0.1, 0.15) is 12.2 Å². The van der Waals surface area contributed by atoms with Crippen molar-refractivity contribution in [1.82, 2.24) is 4.98 Å². The highest BCUT2D eigenvalue weighted by Gasteiger charge is 2.30. The topological polar surface area (TPSA) is 48.4 Å². The molecular formula is C14H12BrClFNO3S. The molecule has 0 amide bonds. The second kappa shape index (κ2) is 6.68. The van der Waals surface area contributed by atoms with E-state index in [9.17, 15) is 9.18 Å². The fourth-order valence-corrected chi connectivity index (χ4v) is 4.14. The molecule has 0 aliphatic heterocycles. The Labute approximate surface area is 143 Å². The first kappa shape index (κ1) is 16.0. The Morgan fingerprint density at radius 2 is 2.09 bits per heavy atom. The van der Waals surface area contributed by atoms with Crippen LogP contribution in [0.3, 0.4) is 0 Å². The Hall–Kier alpha value is -0.920. The SMILES string of the molecule is O=C(Cl)O[C@H]1CCCC[C@H]1Oc1cc2sc(Br)nc2cc1F. The molecule has 0 spiro atoms. The summed E-state index contributed by atoms with van der Waals surface area (Å²) in [5.74, 6) is -0.335. The van der Waals surface area contributed by atoms with Crippen LogP contribution in [0.1, 0.15) is 25.7 Å². The maximum absolute atomic E-state index is 14.2. The highest BCUT2D eigenvalue weighted by molar-refractivity contribution is 9.11. The summed E-state index contributed by atoms with van der Waals surface area (Å²) in [6, 6.07) is 2.97. The molecule has 1 heterocycles. The zero-order chi connectivity index (χ0) is 15.7. The number of nitrogens with zero attached hydrogens (tertiary/aromatic N) is 1. The van der Waals surface area contributed by atoms with Gasteiger partial charge in [0, 0.05) is 23.7 Å². The monoisotopic (exact) mass is 407 g/mol. The Kier molecular flexibility index (Phi) is 4.84. The van der Waals surface area contributed by atoms with E-state index in [1.807, 2.05) is 0 Å². The van der Waals surface area contributed by atoms with Gasteiger partial charge in [0.2, 0.25) is 0 Å². The molecule has 1 saturated carbocycles. The Bertz CT molecular complexity index is 711. The van der Waals surface area contributed by atoms with Gasteiger partial charge in [0.05, 0.1) is 10.2 Å². The fourth-order valence-electron chi connectivity index (χ4n) is 2.61. The molecule has 22 heavy (non-hydrogen) atoms. The number of ether oxygens (including phenoxy) is 2. The van der Waals surface area contributed by atoms with Gasteiger partial charge in [-0.3, -0.25) is 0 Å². The molecule has 3 rings (SSSR count). The molecular weight excluding hydrogens is 397 g/mol. The molecule has 4 nitrogen and oxygen atoms in total. The van der Waals surface area contributed by atoms with E-state index in [0.717, 1.165) is 17.5 Å². The van der Waals surface area contributed by atoms with Gasteiger partial charge in [0.25, 0.3) is 0 Å². The molecule has 1 aromatic heterocycles. The van der Waals surface area contributed by atoms with Crippen LogP contribution in [0.4, 0.5) is 9.18 Å². The molecule has 1 aromatic carbocycles. The van der Waals surface area contributed by atoms with Gasteiger partial charge in [-0.05, 0) is 41.6 Å². The second-order valence-corrected chi connectivity index (χ2v) is 7.67. The van der Waals surface area contributed by atoms with E-state index in [2.05, 4.69) is 20.9 Å². The Balaban J connectivity index is 1.83. The molecule has 2 aromatic rings. The lowest BCUT2D eigenvalue weighted by molar-refractivity contribution is -0.000239. The number of hydrogen-bond acceptors (Lipinski definition) is 5. The summed E-state index contributed by atoms with van der Waals surface area (Å²) in [6.07, 6.45) is 2.40. The summed E-state index contributed by atoms with van der Waals surface area (Å²) in [5.41, 5.74) is -0.281. The third-order valence-electron chi connectivity index (χ3n) is 3.58. The molecule has 0 bridgehead atoms. The van der Waals surface area contributed by atoms with E-state index in [1.165, 1.54) is 17.4 Å². The molecule has 0 unspecified atom stereocenters. The Morgan fingerprint density at radius 3 is 2.82 bits per heavy atom. The third-order valence-corrected chi connectivity index (χ3v) is 5.14. The van der Waals surface area contributed by atoms with Gasteiger partial charge >= 0.3 is 5.43 Å². The minimum Gasteiger partial charge on any atom is -0.483 e. The zero-order valence-electron chi connectivity index (χ0n) is 11.4. The van der Waals surface area contributed by atoms with Crippen molar-refractivity contribution in [3.8, 4) is 5.75 Å². The van der Waals surface area contributed by atoms with Crippen LogP contribution >= 0.6 is 38.9 Å². The first-order chi connectivity index (χ1) is 10.5. The lowest BCUT2D eigenvalue weighted by atomic mass is 9.94. The van der Waals surface area contributed by atoms with Crippen LogP contribution in [0.15, 0.2) is 16.0 Å². The molecule has 8 heteroatoms. The molecule has 1 aliphatic rings. The number of aromatic nitrogens is 1. The Morgan fingerprint density at radius 1 is 1.36 bits per heavy atom. The molecule has 2 atom stereocenters. The van der Waals surface area contributed by atoms with Gasteiger partial charge in [0.15, 0.2) is 15.5 Å². The van der Waals surface area contributed by atoms with Crippen LogP contribution < -0.4 is 4.74 Å². The number of hydrogen-bond donors (Lipinski definition) is 0. The lowest BCUT2D eigenvalue weighted by Crippen LogP contribution is -2.37. The van der Waals surface area contributed by atoms with Crippen molar-refractivity contribution in [2.75, 3.05) is 0 Å². The number of thiazole rings is 1. The van der Waals surface area contributed by atoms with Crippen molar-refractivity contribution in [2.24, 2.45) is 0 Å². The number of benzene rings is 1. The maximum atomic E-state index is 14.2. The summed E-state index contributed by atoms with van der Waals surface area (Å²) >= 11 is 9.97. The summed E-state index contributed by atoms with van der Waals surface area (Å²) in [7, 11) is 0. The van der Waals surface area contributed by atoms with Crippen LogP contribution in [0.25, 0.3) is 10.2 Å². The van der Waals surface area contributed by atoms with Crippen molar-refractivity contribution in [3.05, 3.63) is 21.9 Å². The minimum absolute atomic E-state index is 0.145. The number of halogens is 3. The lowest BCUT2D eigenvalue weighted by Gasteiger charge is -2.30. The van der Waals surface area contributed by atoms with Crippen molar-refractivity contribution in [3.63, 3.8) is 0 Å². The average molecular weight is 409 g/mol. The minimum atomic E-state index is -0.859. The van der Waals surface area contributed by atoms with E-state index in [-0.39, 0.29) is 11.9 Å². The van der Waals surface area contributed by atoms with Gasteiger partial charge in [-0.2, -0.15) is 0 Å². The van der Waals surface area contributed by atoms with Gasteiger partial charge in [-0.25, -0.2) is 14.2 Å². The van der Waals surface area contributed by atoms with Crippen LogP contribution in [-0.4, -0.2) is 22.6 Å². The van der Waals surface area contributed by atoms with Crippen LogP contribution in [-0.2, 0) is 4.74 Å². The summed E-state index contributed by atoms with van der Waals surface area (Å²) < 4.78 is 26.5. The number of fused-ring (bicyclic) bond motifs is 1. The second-order valence-electron chi connectivity index (χ2n) is 5.05. The standard InChI is InChI=1S/C14H12BrClFNO3S/c15-13-18-8-5-7(17)11(6-12(8)22-13)20-9-3-1-2-4-10(9)21-14(16)19/h5-6,9-10H,1-4H2/t9-,10+/m1/s1. The van der Waals surface area contributed by atoms with E-state index < -0.39 is 17.3 Å². The van der Waals surface area contributed by atoms with Gasteiger partial charge < -0.3 is 9.47 Å². The van der Waals surface area contributed by atoms with Crippen molar-refractivity contribution in [2.45, 2.75) is 37.9 Å². The molecule has 0 saturated heterocycles. The van der Waals surface area contributed by atoms with Crippen molar-refractivity contribution < 1.29 is 18.7 Å². The van der Waals surface area contributed by atoms with E-state index in [0.29, 0.717) is 22.3 Å². The molecule has 1 aliphatic carbocycles. The number of rotatable bonds is 3. The number of carbonyl (C=O) groups is 1. The quantitative estimate of drug-likeness (QED) is 0.650. The van der Waals surface area contributed by atoms with E-state index in [4.69, 9.17) is 21.1 Å². The fraction of sp³-hybridized carbons (Fsp3) is 0.429. The molecule has 0 radical (unpaired) electrons. The summed E-state index contributed by atoms with van der Waals surface area (Å²) in [6.45, 7) is 0. The van der Waals surface area contributed by atoms with Crippen LogP contribution in [0, 0.1) is 5.82 Å². The largest absolute Gasteiger partial charge is 0.483 e. The maximum Gasteiger partial charge on any atom is 0.404 e. The van der Waals surface area contributed by atoms with Gasteiger partial charge in [-0.15, -0.1) is 11.3 Å². The van der Waals surface area contributed by atoms with Crippen LogP contribution in [0.5, 0.6) is 5.75 Å². The smallest absolute Gasteiger partial charge is 0.404 e. The number of carbonyl (C=O) groups excluding carboxylic acids is 1. The predicted octanol–water partition coefficient (Wildman–Crippen LogP) is 5.26. The molecule has 118 valence electrons. The first-order valence-corrected chi connectivity index (χ1v) is 8.80.